The standard InChI is InChI=1S/C11H20N2O2/c1-13-7-3-5-10(9-13)11(12-14)6-4-8-15-2/h5,14H,3-4,6-9H2,1-2H3. The molecule has 0 aromatic rings. The Bertz CT molecular complexity index is 249. The molecule has 0 atom stereocenters. The minimum Gasteiger partial charge on any atom is -0.411 e. The molecule has 0 bridgehead atoms. The molecule has 1 heterocycles. The van der Waals surface area contributed by atoms with Gasteiger partial charge in [-0.15, -0.1) is 0 Å². The van der Waals surface area contributed by atoms with Gasteiger partial charge in [0.1, 0.15) is 0 Å². The summed E-state index contributed by atoms with van der Waals surface area (Å²) >= 11 is 0. The van der Waals surface area contributed by atoms with E-state index >= 15 is 0 Å². The van der Waals surface area contributed by atoms with Gasteiger partial charge in [-0.25, -0.2) is 0 Å². The van der Waals surface area contributed by atoms with E-state index in [-0.39, 0.29) is 0 Å². The molecule has 0 amide bonds. The van der Waals surface area contributed by atoms with Crippen LogP contribution >= 0.6 is 0 Å². The first-order chi connectivity index (χ1) is 7.27. The Morgan fingerprint density at radius 2 is 2.47 bits per heavy atom. The number of methoxy groups -OCH3 is 1. The van der Waals surface area contributed by atoms with Gasteiger partial charge in [-0.05, 0) is 31.9 Å². The molecule has 0 fully saturated rings. The number of nitrogens with zero attached hydrogens (tertiary/aromatic N) is 2. The molecule has 1 N–H and O–H groups in total. The normalized spacial score (nSPS) is 19.1. The highest BCUT2D eigenvalue weighted by molar-refractivity contribution is 6.00. The highest BCUT2D eigenvalue weighted by atomic mass is 16.5. The Hall–Kier alpha value is -0.870. The molecule has 86 valence electrons. The summed E-state index contributed by atoms with van der Waals surface area (Å²) in [6, 6.07) is 0. The molecule has 0 aromatic carbocycles. The first kappa shape index (κ1) is 12.2. The van der Waals surface area contributed by atoms with Gasteiger partial charge in [-0.3, -0.25) is 0 Å². The summed E-state index contributed by atoms with van der Waals surface area (Å²) < 4.78 is 4.98. The minimum atomic E-state index is 0.710. The maximum absolute atomic E-state index is 8.95. The van der Waals surface area contributed by atoms with Crippen LogP contribution in [0.1, 0.15) is 19.3 Å². The van der Waals surface area contributed by atoms with Gasteiger partial charge in [-0.1, -0.05) is 11.2 Å². The average molecular weight is 212 g/mol. The highest BCUT2D eigenvalue weighted by Gasteiger charge is 2.13. The fourth-order valence-corrected chi connectivity index (χ4v) is 1.76. The number of likely N-dealkylation sites (N-methyl/N-ethyl adjacent to an activating group) is 1. The summed E-state index contributed by atoms with van der Waals surface area (Å²) in [6.07, 6.45) is 4.89. The summed E-state index contributed by atoms with van der Waals surface area (Å²) in [5, 5.41) is 12.3. The highest BCUT2D eigenvalue weighted by Crippen LogP contribution is 2.12. The smallest absolute Gasteiger partial charge is 0.0838 e. The van der Waals surface area contributed by atoms with Crippen molar-refractivity contribution in [2.24, 2.45) is 5.16 Å². The predicted octanol–water partition coefficient (Wildman–Crippen LogP) is 1.51. The van der Waals surface area contributed by atoms with Crippen LogP contribution in [-0.4, -0.2) is 49.7 Å². The third kappa shape index (κ3) is 4.01. The van der Waals surface area contributed by atoms with E-state index in [1.807, 2.05) is 0 Å². The minimum absolute atomic E-state index is 0.710. The molecule has 4 nitrogen and oxygen atoms in total. The van der Waals surface area contributed by atoms with Gasteiger partial charge in [0.25, 0.3) is 0 Å². The van der Waals surface area contributed by atoms with Crippen molar-refractivity contribution in [3.8, 4) is 0 Å². The van der Waals surface area contributed by atoms with E-state index in [0.717, 1.165) is 43.6 Å². The second kappa shape index (κ2) is 6.58. The van der Waals surface area contributed by atoms with Crippen molar-refractivity contribution >= 4 is 5.71 Å². The van der Waals surface area contributed by atoms with E-state index < -0.39 is 0 Å². The number of oxime groups is 1. The summed E-state index contributed by atoms with van der Waals surface area (Å²) in [7, 11) is 3.76. The van der Waals surface area contributed by atoms with Crippen molar-refractivity contribution in [1.82, 2.24) is 4.90 Å². The zero-order chi connectivity index (χ0) is 11.1. The third-order valence-corrected chi connectivity index (χ3v) is 2.60. The monoisotopic (exact) mass is 212 g/mol. The zero-order valence-corrected chi connectivity index (χ0v) is 9.57. The molecule has 0 unspecified atom stereocenters. The molecule has 0 saturated heterocycles. The van der Waals surface area contributed by atoms with Crippen molar-refractivity contribution in [1.29, 1.82) is 0 Å². The Morgan fingerprint density at radius 3 is 3.07 bits per heavy atom. The van der Waals surface area contributed by atoms with Gasteiger partial charge >= 0.3 is 0 Å². The van der Waals surface area contributed by atoms with Crippen LogP contribution in [0.15, 0.2) is 16.8 Å². The van der Waals surface area contributed by atoms with Crippen molar-refractivity contribution in [2.75, 3.05) is 33.9 Å². The average Bonchev–Trinajstić information content (AvgIpc) is 2.24. The first-order valence-corrected chi connectivity index (χ1v) is 5.35. The van der Waals surface area contributed by atoms with Gasteiger partial charge in [0.05, 0.1) is 5.71 Å². The van der Waals surface area contributed by atoms with E-state index in [1.54, 1.807) is 7.11 Å². The van der Waals surface area contributed by atoms with Gasteiger partial charge in [0.15, 0.2) is 0 Å². The Morgan fingerprint density at radius 1 is 1.67 bits per heavy atom. The molecule has 1 rings (SSSR count). The summed E-state index contributed by atoms with van der Waals surface area (Å²) in [5.74, 6) is 0. The number of ether oxygens (including phenoxy) is 1. The number of hydrogen-bond donors (Lipinski definition) is 1. The van der Waals surface area contributed by atoms with Gasteiger partial charge in [0, 0.05) is 26.8 Å². The Labute approximate surface area is 91.2 Å². The van der Waals surface area contributed by atoms with E-state index in [1.165, 1.54) is 0 Å². The zero-order valence-electron chi connectivity index (χ0n) is 9.57. The maximum atomic E-state index is 8.95. The quantitative estimate of drug-likeness (QED) is 0.325. The number of hydrogen-bond acceptors (Lipinski definition) is 4. The van der Waals surface area contributed by atoms with Crippen molar-refractivity contribution in [3.05, 3.63) is 11.6 Å². The van der Waals surface area contributed by atoms with Gasteiger partial charge in [0.2, 0.25) is 0 Å². The summed E-state index contributed by atoms with van der Waals surface area (Å²) in [6.45, 7) is 2.68. The lowest BCUT2D eigenvalue weighted by Crippen LogP contribution is -2.28. The number of rotatable bonds is 5. The molecule has 0 saturated carbocycles. The van der Waals surface area contributed by atoms with Crippen LogP contribution in [-0.2, 0) is 4.74 Å². The first-order valence-electron chi connectivity index (χ1n) is 5.35. The molecule has 0 aliphatic carbocycles. The molecule has 0 aromatic heterocycles. The molecule has 0 radical (unpaired) electrons. The Kier molecular flexibility index (Phi) is 5.36. The second-order valence-electron chi connectivity index (χ2n) is 3.90. The van der Waals surface area contributed by atoms with E-state index in [0.29, 0.717) is 6.61 Å². The molecular weight excluding hydrogens is 192 g/mol. The van der Waals surface area contributed by atoms with Crippen LogP contribution in [0.4, 0.5) is 0 Å². The largest absolute Gasteiger partial charge is 0.411 e. The van der Waals surface area contributed by atoms with Gasteiger partial charge < -0.3 is 14.8 Å². The fourth-order valence-electron chi connectivity index (χ4n) is 1.76. The summed E-state index contributed by atoms with van der Waals surface area (Å²) in [4.78, 5) is 2.23. The summed E-state index contributed by atoms with van der Waals surface area (Å²) in [5.41, 5.74) is 1.96. The molecule has 1 aliphatic heterocycles. The lowest BCUT2D eigenvalue weighted by Gasteiger charge is -2.23. The SMILES string of the molecule is COCCCC(=NO)C1=CCCN(C)C1. The maximum Gasteiger partial charge on any atom is 0.0838 e. The molecule has 15 heavy (non-hydrogen) atoms. The lowest BCUT2D eigenvalue weighted by molar-refractivity contribution is 0.196. The van der Waals surface area contributed by atoms with Crippen LogP contribution < -0.4 is 0 Å². The van der Waals surface area contributed by atoms with Crippen LogP contribution in [0.5, 0.6) is 0 Å². The van der Waals surface area contributed by atoms with Crippen molar-refractivity contribution in [3.63, 3.8) is 0 Å². The van der Waals surface area contributed by atoms with Crippen LogP contribution in [0.25, 0.3) is 0 Å². The van der Waals surface area contributed by atoms with Crippen LogP contribution in [0.2, 0.25) is 0 Å². The van der Waals surface area contributed by atoms with Crippen molar-refractivity contribution in [2.45, 2.75) is 19.3 Å². The molecule has 0 spiro atoms. The second-order valence-corrected chi connectivity index (χ2v) is 3.90. The van der Waals surface area contributed by atoms with E-state index in [9.17, 15) is 0 Å². The molecule has 4 heteroatoms. The lowest BCUT2D eigenvalue weighted by atomic mass is 10.0. The van der Waals surface area contributed by atoms with Crippen LogP contribution in [0, 0.1) is 0 Å². The third-order valence-electron chi connectivity index (χ3n) is 2.60. The van der Waals surface area contributed by atoms with Crippen molar-refractivity contribution < 1.29 is 9.94 Å². The predicted molar refractivity (Wildman–Crippen MR) is 60.5 cm³/mol. The van der Waals surface area contributed by atoms with E-state index in [4.69, 9.17) is 9.94 Å². The van der Waals surface area contributed by atoms with Gasteiger partial charge in [-0.2, -0.15) is 0 Å². The van der Waals surface area contributed by atoms with Crippen LogP contribution in [0.3, 0.4) is 0 Å². The van der Waals surface area contributed by atoms with E-state index in [2.05, 4.69) is 23.2 Å². The molecule has 1 aliphatic rings. The fraction of sp³-hybridized carbons (Fsp3) is 0.727. The molecular formula is C11H20N2O2. The Balaban J connectivity index is 2.47. The topological polar surface area (TPSA) is 45.1 Å².